The Kier molecular flexibility index (Phi) is 3.60. The minimum atomic E-state index is 0.667. The Morgan fingerprint density at radius 3 is 2.76 bits per heavy atom. The van der Waals surface area contributed by atoms with Gasteiger partial charge in [0.15, 0.2) is 0 Å². The SMILES string of the molecule is CCCOc1ccccc1-c1ccncc1N. The first-order valence-corrected chi connectivity index (χ1v) is 5.74. The van der Waals surface area contributed by atoms with E-state index >= 15 is 0 Å². The number of nitrogens with zero attached hydrogens (tertiary/aromatic N) is 1. The number of nitrogens with two attached hydrogens (primary N) is 1. The zero-order chi connectivity index (χ0) is 12.1. The maximum absolute atomic E-state index is 5.93. The number of aromatic nitrogens is 1. The van der Waals surface area contributed by atoms with Crippen LogP contribution in [0.3, 0.4) is 0 Å². The molecule has 1 aromatic carbocycles. The van der Waals surface area contributed by atoms with Crippen molar-refractivity contribution in [1.29, 1.82) is 0 Å². The van der Waals surface area contributed by atoms with Gasteiger partial charge in [-0.05, 0) is 18.6 Å². The van der Waals surface area contributed by atoms with Crippen molar-refractivity contribution in [3.63, 3.8) is 0 Å². The zero-order valence-corrected chi connectivity index (χ0v) is 9.89. The van der Waals surface area contributed by atoms with Crippen molar-refractivity contribution in [2.75, 3.05) is 12.3 Å². The molecule has 3 nitrogen and oxygen atoms in total. The maximum atomic E-state index is 5.93. The van der Waals surface area contributed by atoms with Crippen molar-refractivity contribution in [3.8, 4) is 16.9 Å². The smallest absolute Gasteiger partial charge is 0.127 e. The molecule has 0 amide bonds. The molecule has 0 spiro atoms. The van der Waals surface area contributed by atoms with Crippen LogP contribution in [0.5, 0.6) is 5.75 Å². The number of ether oxygens (including phenoxy) is 1. The maximum Gasteiger partial charge on any atom is 0.127 e. The van der Waals surface area contributed by atoms with Gasteiger partial charge in [0.1, 0.15) is 5.75 Å². The van der Waals surface area contributed by atoms with Crippen molar-refractivity contribution in [2.45, 2.75) is 13.3 Å². The average Bonchev–Trinajstić information content (AvgIpc) is 2.37. The van der Waals surface area contributed by atoms with E-state index in [1.54, 1.807) is 12.4 Å². The molecule has 0 aliphatic rings. The quantitative estimate of drug-likeness (QED) is 0.874. The zero-order valence-electron chi connectivity index (χ0n) is 9.89. The van der Waals surface area contributed by atoms with Crippen LogP contribution in [0.25, 0.3) is 11.1 Å². The molecule has 88 valence electrons. The van der Waals surface area contributed by atoms with Crippen LogP contribution in [0.4, 0.5) is 5.69 Å². The van der Waals surface area contributed by atoms with Gasteiger partial charge in [0.2, 0.25) is 0 Å². The molecule has 0 radical (unpaired) electrons. The minimum absolute atomic E-state index is 0.667. The Hall–Kier alpha value is -2.03. The normalized spacial score (nSPS) is 10.2. The lowest BCUT2D eigenvalue weighted by atomic mass is 10.0. The topological polar surface area (TPSA) is 48.1 Å². The molecule has 0 bridgehead atoms. The number of rotatable bonds is 4. The average molecular weight is 228 g/mol. The monoisotopic (exact) mass is 228 g/mol. The summed E-state index contributed by atoms with van der Waals surface area (Å²) in [6, 6.07) is 9.82. The molecule has 0 unspecified atom stereocenters. The number of benzene rings is 1. The van der Waals surface area contributed by atoms with Gasteiger partial charge >= 0.3 is 0 Å². The van der Waals surface area contributed by atoms with Crippen LogP contribution in [-0.4, -0.2) is 11.6 Å². The number of hydrogen-bond acceptors (Lipinski definition) is 3. The van der Waals surface area contributed by atoms with E-state index in [4.69, 9.17) is 10.5 Å². The number of nitrogen functional groups attached to an aromatic ring is 1. The molecule has 0 fully saturated rings. The third-order valence-corrected chi connectivity index (χ3v) is 2.49. The first-order valence-electron chi connectivity index (χ1n) is 5.74. The molecule has 3 heteroatoms. The predicted octanol–water partition coefficient (Wildman–Crippen LogP) is 3.12. The van der Waals surface area contributed by atoms with Crippen LogP contribution < -0.4 is 10.5 Å². The van der Waals surface area contributed by atoms with E-state index in [1.807, 2.05) is 30.3 Å². The predicted molar refractivity (Wildman–Crippen MR) is 69.9 cm³/mol. The summed E-state index contributed by atoms with van der Waals surface area (Å²) in [5.41, 5.74) is 8.58. The highest BCUT2D eigenvalue weighted by Gasteiger charge is 2.08. The summed E-state index contributed by atoms with van der Waals surface area (Å²) in [6.07, 6.45) is 4.38. The van der Waals surface area contributed by atoms with Crippen molar-refractivity contribution < 1.29 is 4.74 Å². The van der Waals surface area contributed by atoms with Crippen LogP contribution in [0.15, 0.2) is 42.7 Å². The lowest BCUT2D eigenvalue weighted by Crippen LogP contribution is -1.98. The van der Waals surface area contributed by atoms with Crippen LogP contribution in [0.2, 0.25) is 0 Å². The van der Waals surface area contributed by atoms with Gasteiger partial charge < -0.3 is 10.5 Å². The summed E-state index contributed by atoms with van der Waals surface area (Å²) in [5.74, 6) is 0.868. The fourth-order valence-corrected chi connectivity index (χ4v) is 1.68. The molecule has 2 N–H and O–H groups in total. The summed E-state index contributed by atoms with van der Waals surface area (Å²) < 4.78 is 5.72. The number of pyridine rings is 1. The van der Waals surface area contributed by atoms with Crippen LogP contribution >= 0.6 is 0 Å². The van der Waals surface area contributed by atoms with Gasteiger partial charge in [0.05, 0.1) is 18.5 Å². The summed E-state index contributed by atoms with van der Waals surface area (Å²) in [6.45, 7) is 2.80. The van der Waals surface area contributed by atoms with E-state index in [1.165, 1.54) is 0 Å². The second-order valence-corrected chi connectivity index (χ2v) is 3.81. The summed E-state index contributed by atoms with van der Waals surface area (Å²) in [7, 11) is 0. The standard InChI is InChI=1S/C14H16N2O/c1-2-9-17-14-6-4-3-5-12(14)11-7-8-16-10-13(11)15/h3-8,10H,2,9,15H2,1H3. The highest BCUT2D eigenvalue weighted by molar-refractivity contribution is 5.79. The number of hydrogen-bond donors (Lipinski definition) is 1. The van der Waals surface area contributed by atoms with Gasteiger partial charge in [0.25, 0.3) is 0 Å². The van der Waals surface area contributed by atoms with E-state index < -0.39 is 0 Å². The Labute approximate surface area is 101 Å². The number of anilines is 1. The van der Waals surface area contributed by atoms with E-state index in [9.17, 15) is 0 Å². The Morgan fingerprint density at radius 1 is 1.18 bits per heavy atom. The molecule has 0 aliphatic heterocycles. The number of para-hydroxylation sites is 1. The molecule has 0 atom stereocenters. The highest BCUT2D eigenvalue weighted by Crippen LogP contribution is 2.32. The lowest BCUT2D eigenvalue weighted by Gasteiger charge is -2.12. The summed E-state index contributed by atoms with van der Waals surface area (Å²) in [4.78, 5) is 4.00. The minimum Gasteiger partial charge on any atom is -0.493 e. The molecule has 0 saturated carbocycles. The van der Waals surface area contributed by atoms with Gasteiger partial charge in [-0.1, -0.05) is 25.1 Å². The van der Waals surface area contributed by atoms with Crippen molar-refractivity contribution in [3.05, 3.63) is 42.7 Å². The first-order chi connectivity index (χ1) is 8.33. The fourth-order valence-electron chi connectivity index (χ4n) is 1.68. The fraction of sp³-hybridized carbons (Fsp3) is 0.214. The molecule has 1 aromatic heterocycles. The van der Waals surface area contributed by atoms with E-state index in [2.05, 4.69) is 11.9 Å². The molecule has 1 heterocycles. The van der Waals surface area contributed by atoms with Crippen LogP contribution in [0.1, 0.15) is 13.3 Å². The first kappa shape index (κ1) is 11.5. The van der Waals surface area contributed by atoms with E-state index in [0.717, 1.165) is 23.3 Å². The molecular formula is C14H16N2O. The Bertz CT molecular complexity index is 497. The lowest BCUT2D eigenvalue weighted by molar-refractivity contribution is 0.319. The van der Waals surface area contributed by atoms with Gasteiger partial charge in [-0.2, -0.15) is 0 Å². The van der Waals surface area contributed by atoms with Gasteiger partial charge in [-0.3, -0.25) is 4.98 Å². The highest BCUT2D eigenvalue weighted by atomic mass is 16.5. The summed E-state index contributed by atoms with van der Waals surface area (Å²) >= 11 is 0. The molecule has 2 aromatic rings. The van der Waals surface area contributed by atoms with Crippen molar-refractivity contribution >= 4 is 5.69 Å². The van der Waals surface area contributed by atoms with Gasteiger partial charge in [0, 0.05) is 17.3 Å². The van der Waals surface area contributed by atoms with Gasteiger partial charge in [-0.15, -0.1) is 0 Å². The second-order valence-electron chi connectivity index (χ2n) is 3.81. The van der Waals surface area contributed by atoms with Crippen molar-refractivity contribution in [2.24, 2.45) is 0 Å². The third-order valence-electron chi connectivity index (χ3n) is 2.49. The van der Waals surface area contributed by atoms with Crippen molar-refractivity contribution in [1.82, 2.24) is 4.98 Å². The van der Waals surface area contributed by atoms with Crippen LogP contribution in [-0.2, 0) is 0 Å². The Morgan fingerprint density at radius 2 is 2.00 bits per heavy atom. The van der Waals surface area contributed by atoms with Crippen LogP contribution in [0, 0.1) is 0 Å². The van der Waals surface area contributed by atoms with Gasteiger partial charge in [-0.25, -0.2) is 0 Å². The third kappa shape index (κ3) is 2.56. The van der Waals surface area contributed by atoms with E-state index in [-0.39, 0.29) is 0 Å². The van der Waals surface area contributed by atoms with E-state index in [0.29, 0.717) is 12.3 Å². The molecule has 0 saturated heterocycles. The summed E-state index contributed by atoms with van der Waals surface area (Å²) in [5, 5.41) is 0. The molecule has 2 rings (SSSR count). The largest absolute Gasteiger partial charge is 0.493 e. The molecule has 0 aliphatic carbocycles. The second kappa shape index (κ2) is 5.34. The molecule has 17 heavy (non-hydrogen) atoms. The Balaban J connectivity index is 2.41. The molecular weight excluding hydrogens is 212 g/mol.